The standard InChI is InChI=1S/C14H19N5S/c1-10(11-6-8-12(15)9-7-11)20-14-16-17-18-19(14)13-4-2-3-5-13/h6-10,13H,2-5,15H2,1H3. The van der Waals surface area contributed by atoms with Gasteiger partial charge in [-0.2, -0.15) is 0 Å². The Kier molecular flexibility index (Phi) is 3.91. The van der Waals surface area contributed by atoms with Gasteiger partial charge in [0.25, 0.3) is 0 Å². The molecule has 1 unspecified atom stereocenters. The van der Waals surface area contributed by atoms with Crippen molar-refractivity contribution >= 4 is 17.4 Å². The van der Waals surface area contributed by atoms with E-state index < -0.39 is 0 Å². The molecule has 5 nitrogen and oxygen atoms in total. The zero-order valence-electron chi connectivity index (χ0n) is 11.6. The highest BCUT2D eigenvalue weighted by atomic mass is 32.2. The van der Waals surface area contributed by atoms with Crippen LogP contribution in [0.5, 0.6) is 0 Å². The smallest absolute Gasteiger partial charge is 0.210 e. The van der Waals surface area contributed by atoms with Gasteiger partial charge in [0.15, 0.2) is 0 Å². The van der Waals surface area contributed by atoms with Gasteiger partial charge in [0.2, 0.25) is 5.16 Å². The molecule has 1 heterocycles. The second kappa shape index (κ2) is 5.83. The van der Waals surface area contributed by atoms with Crippen LogP contribution >= 0.6 is 11.8 Å². The average Bonchev–Trinajstić information content (AvgIpc) is 3.09. The summed E-state index contributed by atoms with van der Waals surface area (Å²) in [4.78, 5) is 0. The number of aromatic nitrogens is 4. The van der Waals surface area contributed by atoms with Crippen LogP contribution in [0.1, 0.15) is 49.5 Å². The van der Waals surface area contributed by atoms with Gasteiger partial charge in [-0.1, -0.05) is 36.7 Å². The fourth-order valence-electron chi connectivity index (χ4n) is 2.63. The molecule has 1 atom stereocenters. The molecule has 0 spiro atoms. The Labute approximate surface area is 122 Å². The molecule has 106 valence electrons. The highest BCUT2D eigenvalue weighted by molar-refractivity contribution is 7.99. The highest BCUT2D eigenvalue weighted by Gasteiger charge is 2.22. The van der Waals surface area contributed by atoms with E-state index in [4.69, 9.17) is 5.73 Å². The third-order valence-corrected chi connectivity index (χ3v) is 4.93. The molecule has 2 N–H and O–H groups in total. The lowest BCUT2D eigenvalue weighted by Gasteiger charge is -2.14. The number of hydrogen-bond acceptors (Lipinski definition) is 5. The predicted molar refractivity (Wildman–Crippen MR) is 80.4 cm³/mol. The van der Waals surface area contributed by atoms with E-state index in [2.05, 4.69) is 34.6 Å². The maximum absolute atomic E-state index is 5.73. The van der Waals surface area contributed by atoms with Crippen molar-refractivity contribution in [1.82, 2.24) is 20.2 Å². The minimum absolute atomic E-state index is 0.307. The van der Waals surface area contributed by atoms with E-state index >= 15 is 0 Å². The first-order valence-corrected chi connectivity index (χ1v) is 7.92. The van der Waals surface area contributed by atoms with Gasteiger partial charge in [0.1, 0.15) is 0 Å². The molecule has 0 bridgehead atoms. The molecule has 2 aromatic rings. The number of tetrazole rings is 1. The number of nitrogen functional groups attached to an aromatic ring is 1. The first-order chi connectivity index (χ1) is 9.74. The molecule has 0 amide bonds. The molecule has 1 aromatic heterocycles. The summed E-state index contributed by atoms with van der Waals surface area (Å²) in [5.74, 6) is 0. The molecule has 1 aliphatic carbocycles. The number of anilines is 1. The maximum Gasteiger partial charge on any atom is 0.210 e. The molecule has 6 heteroatoms. The first-order valence-electron chi connectivity index (χ1n) is 7.04. The molecular formula is C14H19N5S. The van der Waals surface area contributed by atoms with Crippen molar-refractivity contribution in [2.24, 2.45) is 0 Å². The Morgan fingerprint density at radius 3 is 2.65 bits per heavy atom. The van der Waals surface area contributed by atoms with Crippen molar-refractivity contribution < 1.29 is 0 Å². The Balaban J connectivity index is 1.74. The van der Waals surface area contributed by atoms with Crippen molar-refractivity contribution in [3.63, 3.8) is 0 Å². The fourth-order valence-corrected chi connectivity index (χ4v) is 3.62. The van der Waals surface area contributed by atoms with Crippen LogP contribution in [0.15, 0.2) is 29.4 Å². The molecule has 20 heavy (non-hydrogen) atoms. The van der Waals surface area contributed by atoms with Crippen LogP contribution in [0.3, 0.4) is 0 Å². The van der Waals surface area contributed by atoms with Crippen molar-refractivity contribution in [1.29, 1.82) is 0 Å². The number of nitrogens with two attached hydrogens (primary N) is 1. The molecule has 3 rings (SSSR count). The summed E-state index contributed by atoms with van der Waals surface area (Å²) in [6, 6.07) is 8.48. The van der Waals surface area contributed by atoms with Gasteiger partial charge in [-0.3, -0.25) is 0 Å². The van der Waals surface area contributed by atoms with Crippen LogP contribution in [-0.4, -0.2) is 20.2 Å². The van der Waals surface area contributed by atoms with E-state index in [-0.39, 0.29) is 0 Å². The Morgan fingerprint density at radius 2 is 1.95 bits per heavy atom. The minimum Gasteiger partial charge on any atom is -0.399 e. The second-order valence-corrected chi connectivity index (χ2v) is 6.58. The lowest BCUT2D eigenvalue weighted by molar-refractivity contribution is 0.423. The lowest BCUT2D eigenvalue weighted by atomic mass is 10.1. The summed E-state index contributed by atoms with van der Waals surface area (Å²) >= 11 is 1.71. The summed E-state index contributed by atoms with van der Waals surface area (Å²) in [6.45, 7) is 2.17. The predicted octanol–water partition coefficient (Wildman–Crippen LogP) is 3.22. The van der Waals surface area contributed by atoms with E-state index in [0.29, 0.717) is 11.3 Å². The van der Waals surface area contributed by atoms with E-state index in [1.807, 2.05) is 16.8 Å². The van der Waals surface area contributed by atoms with Gasteiger partial charge in [0, 0.05) is 10.9 Å². The number of rotatable bonds is 4. The normalized spacial score (nSPS) is 17.4. The molecule has 1 aromatic carbocycles. The second-order valence-electron chi connectivity index (χ2n) is 5.27. The summed E-state index contributed by atoms with van der Waals surface area (Å²) in [5, 5.41) is 13.4. The van der Waals surface area contributed by atoms with Crippen molar-refractivity contribution in [2.45, 2.75) is 49.1 Å². The van der Waals surface area contributed by atoms with E-state index in [0.717, 1.165) is 10.8 Å². The van der Waals surface area contributed by atoms with E-state index in [1.54, 1.807) is 11.8 Å². The fraction of sp³-hybridized carbons (Fsp3) is 0.500. The molecule has 1 saturated carbocycles. The van der Waals surface area contributed by atoms with Crippen LogP contribution in [0.2, 0.25) is 0 Å². The van der Waals surface area contributed by atoms with Gasteiger partial charge < -0.3 is 5.73 Å². The Morgan fingerprint density at radius 1 is 1.25 bits per heavy atom. The number of benzene rings is 1. The van der Waals surface area contributed by atoms with Crippen LogP contribution in [-0.2, 0) is 0 Å². The summed E-state index contributed by atoms with van der Waals surface area (Å²) < 4.78 is 2.01. The Bertz CT molecular complexity index is 559. The lowest BCUT2D eigenvalue weighted by Crippen LogP contribution is -2.08. The molecule has 1 fully saturated rings. The van der Waals surface area contributed by atoms with Crippen LogP contribution in [0.4, 0.5) is 5.69 Å². The van der Waals surface area contributed by atoms with Crippen molar-refractivity contribution in [2.75, 3.05) is 5.73 Å². The van der Waals surface area contributed by atoms with Gasteiger partial charge in [-0.25, -0.2) is 4.68 Å². The van der Waals surface area contributed by atoms with Crippen LogP contribution < -0.4 is 5.73 Å². The maximum atomic E-state index is 5.73. The van der Waals surface area contributed by atoms with Gasteiger partial charge >= 0.3 is 0 Å². The zero-order valence-corrected chi connectivity index (χ0v) is 12.4. The molecule has 0 aliphatic heterocycles. The van der Waals surface area contributed by atoms with Gasteiger partial charge in [-0.05, 0) is 47.9 Å². The highest BCUT2D eigenvalue weighted by Crippen LogP contribution is 2.37. The molecular weight excluding hydrogens is 270 g/mol. The number of nitrogens with zero attached hydrogens (tertiary/aromatic N) is 4. The topological polar surface area (TPSA) is 69.6 Å². The number of thioether (sulfide) groups is 1. The van der Waals surface area contributed by atoms with Crippen molar-refractivity contribution in [3.05, 3.63) is 29.8 Å². The summed E-state index contributed by atoms with van der Waals surface area (Å²) in [5.41, 5.74) is 7.76. The molecule has 1 aliphatic rings. The minimum atomic E-state index is 0.307. The third kappa shape index (κ3) is 2.80. The van der Waals surface area contributed by atoms with Gasteiger partial charge in [0.05, 0.1) is 6.04 Å². The van der Waals surface area contributed by atoms with Crippen molar-refractivity contribution in [3.8, 4) is 0 Å². The van der Waals surface area contributed by atoms with E-state index in [1.165, 1.54) is 31.2 Å². The van der Waals surface area contributed by atoms with Crippen LogP contribution in [0.25, 0.3) is 0 Å². The summed E-state index contributed by atoms with van der Waals surface area (Å²) in [7, 11) is 0. The average molecular weight is 289 g/mol. The largest absolute Gasteiger partial charge is 0.399 e. The van der Waals surface area contributed by atoms with Gasteiger partial charge in [-0.15, -0.1) is 5.10 Å². The molecule has 0 saturated heterocycles. The monoisotopic (exact) mass is 289 g/mol. The molecule has 0 radical (unpaired) electrons. The Hall–Kier alpha value is -1.56. The summed E-state index contributed by atoms with van der Waals surface area (Å²) in [6.07, 6.45) is 4.94. The quantitative estimate of drug-likeness (QED) is 0.691. The van der Waals surface area contributed by atoms with Crippen LogP contribution in [0, 0.1) is 0 Å². The first kappa shape index (κ1) is 13.4. The SMILES string of the molecule is CC(Sc1nnnn1C1CCCC1)c1ccc(N)cc1. The number of hydrogen-bond donors (Lipinski definition) is 1. The third-order valence-electron chi connectivity index (χ3n) is 3.82. The zero-order chi connectivity index (χ0) is 13.9. The van der Waals surface area contributed by atoms with E-state index in [9.17, 15) is 0 Å².